The average molecular weight is 287 g/mol. The molecule has 0 bridgehead atoms. The Bertz CT molecular complexity index is 608. The molecule has 6 nitrogen and oxygen atoms in total. The number of alkyl halides is 1. The molecule has 0 heterocycles. The zero-order valence-electron chi connectivity index (χ0n) is 10.2. The topological polar surface area (TPSA) is 101 Å². The Morgan fingerprint density at radius 3 is 2.26 bits per heavy atom. The fraction of sp³-hybridized carbons (Fsp3) is 0.250. The van der Waals surface area contributed by atoms with Crippen LogP contribution in [0.2, 0.25) is 0 Å². The van der Waals surface area contributed by atoms with E-state index >= 15 is 0 Å². The quantitative estimate of drug-likeness (QED) is 0.492. The Balaban J connectivity index is 4.01. The van der Waals surface area contributed by atoms with E-state index in [9.17, 15) is 24.6 Å². The normalized spacial score (nSPS) is 10.1. The van der Waals surface area contributed by atoms with Crippen molar-refractivity contribution in [3.63, 3.8) is 0 Å². The number of rotatable bonds is 3. The predicted octanol–water partition coefficient (Wildman–Crippen LogP) is 1.19. The predicted molar refractivity (Wildman–Crippen MR) is 66.9 cm³/mol. The molecule has 19 heavy (non-hydrogen) atoms. The number of halogens is 1. The van der Waals surface area contributed by atoms with Crippen LogP contribution in [0.3, 0.4) is 0 Å². The van der Waals surface area contributed by atoms with Crippen LogP contribution in [0.4, 0.5) is 0 Å². The molecule has 102 valence electrons. The van der Waals surface area contributed by atoms with Crippen LogP contribution >= 0.6 is 11.6 Å². The first kappa shape index (κ1) is 15.0. The molecule has 1 rings (SSSR count). The van der Waals surface area contributed by atoms with Crippen molar-refractivity contribution >= 4 is 23.4 Å². The van der Waals surface area contributed by atoms with Crippen molar-refractivity contribution in [2.45, 2.75) is 12.8 Å². The van der Waals surface area contributed by atoms with E-state index < -0.39 is 34.2 Å². The monoisotopic (exact) mass is 286 g/mol. The number of methoxy groups -OCH3 is 1. The van der Waals surface area contributed by atoms with E-state index in [-0.39, 0.29) is 17.0 Å². The van der Waals surface area contributed by atoms with Crippen LogP contribution < -0.4 is 5.43 Å². The van der Waals surface area contributed by atoms with E-state index in [1.165, 1.54) is 0 Å². The van der Waals surface area contributed by atoms with Crippen LogP contribution in [0.5, 0.6) is 11.5 Å². The van der Waals surface area contributed by atoms with Crippen molar-refractivity contribution in [1.29, 1.82) is 0 Å². The summed E-state index contributed by atoms with van der Waals surface area (Å²) in [5.41, 5.74) is -1.80. The van der Waals surface area contributed by atoms with Crippen LogP contribution in [0.15, 0.2) is 10.9 Å². The molecule has 0 unspecified atom stereocenters. The minimum absolute atomic E-state index is 0.0145. The first-order valence-electron chi connectivity index (χ1n) is 5.12. The summed E-state index contributed by atoms with van der Waals surface area (Å²) in [4.78, 5) is 34.8. The number of Topliss-reactive ketones (excluding diaryl/α,β-unsaturated/α-hetero) is 1. The molecule has 0 amide bonds. The molecular formula is C12H11ClO6. The SMILES string of the molecule is COC(=O)c1c(CCl)cc(=O)c(O)c(O)c1C(C)=O. The van der Waals surface area contributed by atoms with Crippen LogP contribution in [-0.4, -0.2) is 29.1 Å². The molecule has 1 aromatic rings. The van der Waals surface area contributed by atoms with Crippen molar-refractivity contribution in [3.8, 4) is 11.5 Å². The molecule has 7 heteroatoms. The summed E-state index contributed by atoms with van der Waals surface area (Å²) in [5, 5.41) is 19.2. The lowest BCUT2D eigenvalue weighted by atomic mass is 10.0. The highest BCUT2D eigenvalue weighted by Crippen LogP contribution is 2.30. The number of esters is 1. The van der Waals surface area contributed by atoms with E-state index in [2.05, 4.69) is 4.74 Å². The molecular weight excluding hydrogens is 276 g/mol. The second-order valence-corrected chi connectivity index (χ2v) is 3.93. The van der Waals surface area contributed by atoms with Crippen LogP contribution in [0.25, 0.3) is 0 Å². The molecule has 2 N–H and O–H groups in total. The number of ketones is 1. The van der Waals surface area contributed by atoms with Gasteiger partial charge in [0.15, 0.2) is 11.5 Å². The lowest BCUT2D eigenvalue weighted by molar-refractivity contribution is 0.0596. The summed E-state index contributed by atoms with van der Waals surface area (Å²) in [5.74, 6) is -3.91. The van der Waals surface area contributed by atoms with E-state index in [1.54, 1.807) is 0 Å². The summed E-state index contributed by atoms with van der Waals surface area (Å²) < 4.78 is 4.50. The van der Waals surface area contributed by atoms with Gasteiger partial charge in [0.25, 0.3) is 0 Å². The van der Waals surface area contributed by atoms with Gasteiger partial charge in [0.2, 0.25) is 11.2 Å². The minimum Gasteiger partial charge on any atom is -0.504 e. The third kappa shape index (κ3) is 2.68. The standard InChI is InChI=1S/C12H11ClO6/c1-5(14)8-9(12(18)19-2)6(4-13)3-7(15)10(16)11(8)17/h3H,4H2,1-2H3,(H2,15,16,17). The average Bonchev–Trinajstić information content (AvgIpc) is 2.47. The molecule has 0 aliphatic carbocycles. The molecule has 0 aromatic heterocycles. The van der Waals surface area contributed by atoms with Crippen LogP contribution in [-0.2, 0) is 10.6 Å². The van der Waals surface area contributed by atoms with Gasteiger partial charge in [-0.25, -0.2) is 4.79 Å². The first-order chi connectivity index (χ1) is 8.84. The molecule has 0 fully saturated rings. The van der Waals surface area contributed by atoms with Gasteiger partial charge in [-0.1, -0.05) is 0 Å². The van der Waals surface area contributed by atoms with Gasteiger partial charge in [0, 0.05) is 5.88 Å². The zero-order chi connectivity index (χ0) is 14.7. The lowest BCUT2D eigenvalue weighted by Gasteiger charge is -2.06. The Morgan fingerprint density at radius 1 is 1.26 bits per heavy atom. The highest BCUT2D eigenvalue weighted by atomic mass is 35.5. The molecule has 0 atom stereocenters. The second kappa shape index (κ2) is 5.71. The lowest BCUT2D eigenvalue weighted by Crippen LogP contribution is -2.10. The summed E-state index contributed by atoms with van der Waals surface area (Å²) in [7, 11) is 1.08. The number of hydrogen-bond donors (Lipinski definition) is 2. The number of aromatic hydroxyl groups is 2. The number of carbonyl (C=O) groups is 2. The smallest absolute Gasteiger partial charge is 0.339 e. The van der Waals surface area contributed by atoms with Crippen molar-refractivity contribution < 1.29 is 24.5 Å². The van der Waals surface area contributed by atoms with Crippen LogP contribution in [0.1, 0.15) is 33.2 Å². The highest BCUT2D eigenvalue weighted by molar-refractivity contribution is 6.18. The summed E-state index contributed by atoms with van der Waals surface area (Å²) in [6.45, 7) is 1.07. The highest BCUT2D eigenvalue weighted by Gasteiger charge is 2.25. The van der Waals surface area contributed by atoms with Gasteiger partial charge in [0.05, 0.1) is 18.2 Å². The molecule has 0 saturated carbocycles. The Hall–Kier alpha value is -2.08. The van der Waals surface area contributed by atoms with Gasteiger partial charge < -0.3 is 14.9 Å². The number of hydrogen-bond acceptors (Lipinski definition) is 6. The van der Waals surface area contributed by atoms with Gasteiger partial charge in [-0.3, -0.25) is 9.59 Å². The van der Waals surface area contributed by atoms with Crippen molar-refractivity contribution in [2.24, 2.45) is 0 Å². The summed E-state index contributed by atoms with van der Waals surface area (Å²) in [6.07, 6.45) is 0. The molecule has 1 aromatic carbocycles. The van der Waals surface area contributed by atoms with Crippen LogP contribution in [0, 0.1) is 0 Å². The van der Waals surface area contributed by atoms with Gasteiger partial charge in [-0.2, -0.15) is 0 Å². The maximum Gasteiger partial charge on any atom is 0.339 e. The first-order valence-corrected chi connectivity index (χ1v) is 5.65. The fourth-order valence-electron chi connectivity index (χ4n) is 1.60. The zero-order valence-corrected chi connectivity index (χ0v) is 10.9. The van der Waals surface area contributed by atoms with Crippen molar-refractivity contribution in [3.05, 3.63) is 33.0 Å². The van der Waals surface area contributed by atoms with E-state index in [1.807, 2.05) is 0 Å². The maximum absolute atomic E-state index is 11.7. The maximum atomic E-state index is 11.7. The fourth-order valence-corrected chi connectivity index (χ4v) is 1.81. The summed E-state index contributed by atoms with van der Waals surface area (Å²) >= 11 is 5.62. The largest absolute Gasteiger partial charge is 0.504 e. The molecule has 0 aliphatic rings. The molecule has 0 spiro atoms. The van der Waals surface area contributed by atoms with E-state index in [0.29, 0.717) is 0 Å². The van der Waals surface area contributed by atoms with Gasteiger partial charge in [-0.05, 0) is 18.6 Å². The van der Waals surface area contributed by atoms with E-state index in [0.717, 1.165) is 20.1 Å². The van der Waals surface area contributed by atoms with Crippen molar-refractivity contribution in [2.75, 3.05) is 7.11 Å². The van der Waals surface area contributed by atoms with Gasteiger partial charge in [0.1, 0.15) is 0 Å². The Labute approximate surface area is 113 Å². The minimum atomic E-state index is -1.02. The van der Waals surface area contributed by atoms with Gasteiger partial charge in [-0.15, -0.1) is 11.6 Å². The van der Waals surface area contributed by atoms with E-state index in [4.69, 9.17) is 11.6 Å². The second-order valence-electron chi connectivity index (χ2n) is 3.66. The molecule has 0 saturated heterocycles. The Morgan fingerprint density at radius 2 is 1.84 bits per heavy atom. The summed E-state index contributed by atoms with van der Waals surface area (Å²) in [6, 6.07) is 0.876. The number of ether oxygens (including phenoxy) is 1. The molecule has 0 radical (unpaired) electrons. The third-order valence-corrected chi connectivity index (χ3v) is 2.74. The Kier molecular flexibility index (Phi) is 4.50. The van der Waals surface area contributed by atoms with Crippen molar-refractivity contribution in [1.82, 2.24) is 0 Å². The van der Waals surface area contributed by atoms with Gasteiger partial charge >= 0.3 is 5.97 Å². The third-order valence-electron chi connectivity index (χ3n) is 2.46. The molecule has 0 aliphatic heterocycles. The number of carbonyl (C=O) groups excluding carboxylic acids is 2.